The van der Waals surface area contributed by atoms with E-state index in [4.69, 9.17) is 15.2 Å². The maximum Gasteiger partial charge on any atom is 0.243 e. The van der Waals surface area contributed by atoms with Gasteiger partial charge in [-0.15, -0.1) is 0 Å². The van der Waals surface area contributed by atoms with Crippen molar-refractivity contribution in [3.63, 3.8) is 0 Å². The van der Waals surface area contributed by atoms with Gasteiger partial charge in [0.05, 0.1) is 50.0 Å². The second-order valence-corrected chi connectivity index (χ2v) is 13.2. The van der Waals surface area contributed by atoms with E-state index in [-0.39, 0.29) is 25.4 Å². The monoisotopic (exact) mass is 641 g/mol. The molecular formula is C33H51N7O6. The number of carbonyl (C=O) groups is 3. The molecule has 0 aromatic carbocycles. The number of aromatic nitrogens is 3. The van der Waals surface area contributed by atoms with Crippen molar-refractivity contribution in [2.24, 2.45) is 17.1 Å². The van der Waals surface area contributed by atoms with E-state index in [1.165, 1.54) is 12.7 Å². The zero-order chi connectivity index (χ0) is 32.9. The van der Waals surface area contributed by atoms with Gasteiger partial charge in [-0.25, -0.2) is 9.97 Å². The Morgan fingerprint density at radius 2 is 1.89 bits per heavy atom. The molecule has 1 aliphatic heterocycles. The molecule has 0 bridgehead atoms. The number of nitrogens with one attached hydrogen (secondary N) is 3. The average Bonchev–Trinajstić information content (AvgIpc) is 3.58. The zero-order valence-corrected chi connectivity index (χ0v) is 27.2. The maximum atomic E-state index is 13.8. The molecule has 2 fully saturated rings. The molecule has 4 atom stereocenters. The van der Waals surface area contributed by atoms with Gasteiger partial charge in [0.1, 0.15) is 6.04 Å². The Kier molecular flexibility index (Phi) is 13.3. The third kappa shape index (κ3) is 10.8. The fraction of sp³-hybridized carbons (Fsp3) is 0.667. The number of aliphatic hydroxyl groups is 1. The number of H-pyrrole nitrogens is 1. The number of pyridine rings is 1. The van der Waals surface area contributed by atoms with E-state index in [2.05, 4.69) is 25.6 Å². The van der Waals surface area contributed by atoms with Crippen LogP contribution < -0.4 is 21.1 Å². The van der Waals surface area contributed by atoms with Gasteiger partial charge < -0.3 is 40.8 Å². The number of nitrogens with two attached hydrogens (primary N) is 1. The van der Waals surface area contributed by atoms with Gasteiger partial charge in [-0.05, 0) is 24.8 Å². The smallest absolute Gasteiger partial charge is 0.243 e. The zero-order valence-electron chi connectivity index (χ0n) is 27.2. The highest BCUT2D eigenvalue weighted by Gasteiger charge is 2.37. The van der Waals surface area contributed by atoms with Crippen molar-refractivity contribution < 1.29 is 29.0 Å². The van der Waals surface area contributed by atoms with E-state index >= 15 is 0 Å². The number of rotatable bonds is 16. The van der Waals surface area contributed by atoms with Crippen molar-refractivity contribution in [1.29, 1.82) is 0 Å². The van der Waals surface area contributed by atoms with Crippen LogP contribution in [0.15, 0.2) is 36.9 Å². The minimum atomic E-state index is -1.03. The van der Waals surface area contributed by atoms with Gasteiger partial charge in [0.2, 0.25) is 23.6 Å². The lowest BCUT2D eigenvalue weighted by Crippen LogP contribution is -2.57. The van der Waals surface area contributed by atoms with Crippen LogP contribution in [0.3, 0.4) is 0 Å². The molecule has 13 nitrogen and oxygen atoms in total. The highest BCUT2D eigenvalue weighted by molar-refractivity contribution is 5.91. The fourth-order valence-electron chi connectivity index (χ4n) is 6.32. The first kappa shape index (κ1) is 35.3. The van der Waals surface area contributed by atoms with E-state index in [0.717, 1.165) is 25.7 Å². The minimum absolute atomic E-state index is 0.0866. The number of aromatic amines is 1. The molecule has 6 N–H and O–H groups in total. The van der Waals surface area contributed by atoms with Crippen molar-refractivity contribution in [2.45, 2.75) is 95.9 Å². The molecular weight excluding hydrogens is 590 g/mol. The molecule has 46 heavy (non-hydrogen) atoms. The standard InChI is InChI=1S/C33H51N7O6/c1-33(2,32(44)40-13-16-45-17-14-40)20-25(34)30(42)39-27(19-24-21-35-22-37-24)31(43)38-26(18-23-8-4-3-5-9-23)28(41)11-15-46-29-10-6-7-12-36-29/h6-7,10,12,21-23,25-28,41H,3-5,8-9,11,13-20,34H2,1-2H3,(H,35,37)(H,38,43)(H,39,42)/t25?,26-,27?,28-/m0/s1. The number of hydrogen-bond donors (Lipinski definition) is 5. The number of morpholine rings is 1. The van der Waals surface area contributed by atoms with Gasteiger partial charge in [-0.3, -0.25) is 14.4 Å². The van der Waals surface area contributed by atoms with Crippen molar-refractivity contribution in [2.75, 3.05) is 32.9 Å². The van der Waals surface area contributed by atoms with Gasteiger partial charge >= 0.3 is 0 Å². The molecule has 0 radical (unpaired) electrons. The summed E-state index contributed by atoms with van der Waals surface area (Å²) in [4.78, 5) is 53.5. The summed E-state index contributed by atoms with van der Waals surface area (Å²) in [5, 5.41) is 17.2. The van der Waals surface area contributed by atoms with Crippen molar-refractivity contribution in [1.82, 2.24) is 30.5 Å². The molecule has 0 spiro atoms. The lowest BCUT2D eigenvalue weighted by atomic mass is 9.83. The summed E-state index contributed by atoms with van der Waals surface area (Å²) in [6, 6.07) is 2.82. The molecule has 3 amide bonds. The summed E-state index contributed by atoms with van der Waals surface area (Å²) in [5.74, 6) is -0.208. The molecule has 3 heterocycles. The Bertz CT molecular complexity index is 1220. The molecule has 1 saturated heterocycles. The van der Waals surface area contributed by atoms with Crippen LogP contribution in [-0.4, -0.2) is 99.8 Å². The van der Waals surface area contributed by atoms with E-state index in [1.807, 2.05) is 6.07 Å². The Labute approximate surface area is 271 Å². The van der Waals surface area contributed by atoms with Crippen LogP contribution in [-0.2, 0) is 25.5 Å². The van der Waals surface area contributed by atoms with E-state index in [9.17, 15) is 19.5 Å². The average molecular weight is 642 g/mol. The van der Waals surface area contributed by atoms with Crippen LogP contribution in [0.1, 0.15) is 70.9 Å². The highest BCUT2D eigenvalue weighted by atomic mass is 16.5. The molecule has 254 valence electrons. The molecule has 2 aromatic rings. The summed E-state index contributed by atoms with van der Waals surface area (Å²) in [7, 11) is 0. The first-order chi connectivity index (χ1) is 22.1. The topological polar surface area (TPSA) is 185 Å². The number of hydrogen-bond acceptors (Lipinski definition) is 9. The summed E-state index contributed by atoms with van der Waals surface area (Å²) in [5.41, 5.74) is 6.05. The number of amides is 3. The van der Waals surface area contributed by atoms with Crippen molar-refractivity contribution in [3.8, 4) is 5.88 Å². The summed E-state index contributed by atoms with van der Waals surface area (Å²) in [6.45, 7) is 5.74. The van der Waals surface area contributed by atoms with Gasteiger partial charge in [0, 0.05) is 49.8 Å². The molecule has 2 unspecified atom stereocenters. The lowest BCUT2D eigenvalue weighted by Gasteiger charge is -2.35. The van der Waals surface area contributed by atoms with Gasteiger partial charge in [0.15, 0.2) is 0 Å². The molecule has 4 rings (SSSR count). The number of imidazole rings is 1. The van der Waals surface area contributed by atoms with Crippen LogP contribution in [0.2, 0.25) is 0 Å². The Balaban J connectivity index is 1.41. The minimum Gasteiger partial charge on any atom is -0.478 e. The summed E-state index contributed by atoms with van der Waals surface area (Å²) < 4.78 is 11.1. The Hall–Kier alpha value is -3.55. The largest absolute Gasteiger partial charge is 0.478 e. The predicted octanol–water partition coefficient (Wildman–Crippen LogP) is 1.72. The summed E-state index contributed by atoms with van der Waals surface area (Å²) in [6.07, 6.45) is 10.6. The van der Waals surface area contributed by atoms with Crippen LogP contribution in [0.4, 0.5) is 0 Å². The first-order valence-electron chi connectivity index (χ1n) is 16.6. The van der Waals surface area contributed by atoms with Gasteiger partial charge in [0.25, 0.3) is 0 Å². The second-order valence-electron chi connectivity index (χ2n) is 13.2. The van der Waals surface area contributed by atoms with Gasteiger partial charge in [-0.1, -0.05) is 52.0 Å². The fourth-order valence-corrected chi connectivity index (χ4v) is 6.32. The first-order valence-corrected chi connectivity index (χ1v) is 16.6. The van der Waals surface area contributed by atoms with Crippen LogP contribution in [0, 0.1) is 11.3 Å². The van der Waals surface area contributed by atoms with Crippen LogP contribution in [0.5, 0.6) is 5.88 Å². The van der Waals surface area contributed by atoms with Crippen molar-refractivity contribution >= 4 is 17.7 Å². The molecule has 1 saturated carbocycles. The third-order valence-electron chi connectivity index (χ3n) is 8.95. The Morgan fingerprint density at radius 1 is 1.13 bits per heavy atom. The number of carbonyl (C=O) groups excluding carboxylic acids is 3. The van der Waals surface area contributed by atoms with E-state index in [0.29, 0.717) is 56.6 Å². The Morgan fingerprint density at radius 3 is 2.57 bits per heavy atom. The van der Waals surface area contributed by atoms with Crippen LogP contribution >= 0.6 is 0 Å². The normalized spacial score (nSPS) is 18.7. The number of nitrogens with zero attached hydrogens (tertiary/aromatic N) is 3. The molecule has 2 aliphatic rings. The second kappa shape index (κ2) is 17.4. The highest BCUT2D eigenvalue weighted by Crippen LogP contribution is 2.29. The molecule has 2 aromatic heterocycles. The maximum absolute atomic E-state index is 13.8. The van der Waals surface area contributed by atoms with E-state index < -0.39 is 41.5 Å². The van der Waals surface area contributed by atoms with Gasteiger partial charge in [-0.2, -0.15) is 0 Å². The SMILES string of the molecule is CC(C)(CC(N)C(=O)NC(Cc1c[nH]cn1)C(=O)N[C@@H](CC1CCCCC1)[C@@H](O)CCOc1ccccn1)C(=O)N1CCOCC1. The van der Waals surface area contributed by atoms with E-state index in [1.54, 1.807) is 43.3 Å². The van der Waals surface area contributed by atoms with Crippen LogP contribution in [0.25, 0.3) is 0 Å². The van der Waals surface area contributed by atoms with Crippen molar-refractivity contribution in [3.05, 3.63) is 42.6 Å². The number of aliphatic hydroxyl groups excluding tert-OH is 1. The predicted molar refractivity (Wildman–Crippen MR) is 171 cm³/mol. The number of ether oxygens (including phenoxy) is 2. The summed E-state index contributed by atoms with van der Waals surface area (Å²) >= 11 is 0. The lowest BCUT2D eigenvalue weighted by molar-refractivity contribution is -0.145. The molecule has 1 aliphatic carbocycles. The molecule has 13 heteroatoms. The quantitative estimate of drug-likeness (QED) is 0.182. The third-order valence-corrected chi connectivity index (χ3v) is 8.95.